The summed E-state index contributed by atoms with van der Waals surface area (Å²) < 4.78 is 0. The van der Waals surface area contributed by atoms with Gasteiger partial charge in [-0.05, 0) is 6.92 Å². The van der Waals surface area contributed by atoms with Gasteiger partial charge in [-0.15, -0.1) is 0 Å². The van der Waals surface area contributed by atoms with Gasteiger partial charge in [-0.2, -0.15) is 0 Å². The molecule has 0 saturated heterocycles. The van der Waals surface area contributed by atoms with Crippen LogP contribution < -0.4 is 17.5 Å². The minimum absolute atomic E-state index is 0. The quantitative estimate of drug-likeness (QED) is 0.425. The fourth-order valence-electron chi connectivity index (χ4n) is 0. The van der Waals surface area contributed by atoms with Crippen molar-refractivity contribution in [3.63, 3.8) is 0 Å². The van der Waals surface area contributed by atoms with Crippen molar-refractivity contribution in [2.75, 3.05) is 0 Å². The molecule has 0 fully saturated rings. The zero-order valence-electron chi connectivity index (χ0n) is 3.27. The van der Waals surface area contributed by atoms with E-state index in [9.17, 15) is 0 Å². The van der Waals surface area contributed by atoms with E-state index < -0.39 is 5.97 Å². The molecular weight excluding hydrogens is 230 g/mol. The summed E-state index contributed by atoms with van der Waals surface area (Å²) in [7, 11) is 0. The van der Waals surface area contributed by atoms with Gasteiger partial charge in [-0.3, -0.25) is 0 Å². The van der Waals surface area contributed by atoms with Crippen LogP contribution in [-0.2, 0) is 4.79 Å². The summed E-state index contributed by atoms with van der Waals surface area (Å²) in [6.45, 7) is 0.972. The third kappa shape index (κ3) is 85.0. The number of halogens is 1. The van der Waals surface area contributed by atoms with Gasteiger partial charge in [0.2, 0.25) is 0 Å². The molecule has 0 saturated carbocycles. The summed E-state index contributed by atoms with van der Waals surface area (Å²) in [4.78, 5) is 8.89. The van der Waals surface area contributed by atoms with Gasteiger partial charge in [0.15, 0.2) is 0 Å². The van der Waals surface area contributed by atoms with Gasteiger partial charge in [0.25, 0.3) is 0 Å². The topological polar surface area (TPSA) is 40.1 Å². The van der Waals surface area contributed by atoms with E-state index in [0.717, 1.165) is 6.92 Å². The first kappa shape index (κ1) is 15.8. The summed E-state index contributed by atoms with van der Waals surface area (Å²) >= 11 is 0. The second kappa shape index (κ2) is 9.35. The van der Waals surface area contributed by atoms with Crippen molar-refractivity contribution < 1.29 is 57.9 Å². The Balaban J connectivity index is -0.0000000450. The standard InChI is InChI=1S/C2H4O2.ClH.La/c1-2(3)4;;/h1H3,(H,3,4);1H;/p-2. The Morgan fingerprint density at radius 1 is 1.67 bits per heavy atom. The van der Waals surface area contributed by atoms with Crippen LogP contribution in [0.2, 0.25) is 0 Å². The predicted molar refractivity (Wildman–Crippen MR) is 10.7 cm³/mol. The molecule has 1 radical (unpaired) electrons. The Kier molecular flexibility index (Phi) is 24.6. The van der Waals surface area contributed by atoms with Crippen molar-refractivity contribution in [2.45, 2.75) is 6.92 Å². The maximum absolute atomic E-state index is 8.89. The zero-order chi connectivity index (χ0) is 3.58. The van der Waals surface area contributed by atoms with Crippen molar-refractivity contribution in [1.82, 2.24) is 0 Å². The summed E-state index contributed by atoms with van der Waals surface area (Å²) in [5, 5.41) is 8.89. The SMILES string of the molecule is CC(=O)[O-].[Cl-].[La]. The summed E-state index contributed by atoms with van der Waals surface area (Å²) in [6.07, 6.45) is 0. The molecule has 0 unspecified atom stereocenters. The Bertz CT molecular complexity index is 34.5. The third-order valence-corrected chi connectivity index (χ3v) is 0. The van der Waals surface area contributed by atoms with Gasteiger partial charge < -0.3 is 22.3 Å². The summed E-state index contributed by atoms with van der Waals surface area (Å²) in [5.74, 6) is -1.08. The number of carboxylic acid groups (broad SMARTS) is 1. The summed E-state index contributed by atoms with van der Waals surface area (Å²) in [5.41, 5.74) is 0. The van der Waals surface area contributed by atoms with Gasteiger partial charge in [0, 0.05) is 41.6 Å². The number of carboxylic acids is 1. The number of rotatable bonds is 0. The molecule has 0 rings (SSSR count). The average Bonchev–Trinajstić information content (AvgIpc) is 0.811. The molecule has 35 valence electrons. The molecule has 0 aliphatic rings. The van der Waals surface area contributed by atoms with E-state index in [1.54, 1.807) is 0 Å². The number of carbonyl (C=O) groups excluding carboxylic acids is 1. The van der Waals surface area contributed by atoms with Crippen molar-refractivity contribution in [3.8, 4) is 0 Å². The van der Waals surface area contributed by atoms with Crippen molar-refractivity contribution in [2.24, 2.45) is 0 Å². The first-order chi connectivity index (χ1) is 1.73. The number of carbonyl (C=O) groups is 1. The van der Waals surface area contributed by atoms with Crippen LogP contribution in [0.1, 0.15) is 6.92 Å². The van der Waals surface area contributed by atoms with Crippen LogP contribution in [0.5, 0.6) is 0 Å². The van der Waals surface area contributed by atoms with Gasteiger partial charge in [-0.1, -0.05) is 0 Å². The Morgan fingerprint density at radius 2 is 1.67 bits per heavy atom. The third-order valence-electron chi connectivity index (χ3n) is 0. The Morgan fingerprint density at radius 3 is 1.67 bits per heavy atom. The van der Waals surface area contributed by atoms with Gasteiger partial charge in [0.1, 0.15) is 0 Å². The van der Waals surface area contributed by atoms with Crippen LogP contribution in [0.3, 0.4) is 0 Å². The number of hydrogen-bond donors (Lipinski definition) is 0. The van der Waals surface area contributed by atoms with Crippen molar-refractivity contribution in [3.05, 3.63) is 0 Å². The molecule has 0 spiro atoms. The molecule has 6 heavy (non-hydrogen) atoms. The van der Waals surface area contributed by atoms with E-state index >= 15 is 0 Å². The van der Waals surface area contributed by atoms with Crippen molar-refractivity contribution in [1.29, 1.82) is 0 Å². The van der Waals surface area contributed by atoms with Crippen LogP contribution in [0.15, 0.2) is 0 Å². The minimum atomic E-state index is -1.08. The molecule has 0 aliphatic carbocycles. The van der Waals surface area contributed by atoms with E-state index in [4.69, 9.17) is 9.90 Å². The molecule has 0 atom stereocenters. The van der Waals surface area contributed by atoms with Crippen LogP contribution in [0.4, 0.5) is 0 Å². The van der Waals surface area contributed by atoms with Crippen LogP contribution in [-0.4, -0.2) is 5.97 Å². The predicted octanol–water partition coefficient (Wildman–Crippen LogP) is -4.24. The molecule has 4 heteroatoms. The largest absolute Gasteiger partial charge is 1.00 e. The first-order valence-electron chi connectivity index (χ1n) is 0.908. The zero-order valence-corrected chi connectivity index (χ0v) is 7.65. The van der Waals surface area contributed by atoms with Crippen LogP contribution >= 0.6 is 0 Å². The molecule has 0 aromatic rings. The van der Waals surface area contributed by atoms with Gasteiger partial charge in [-0.25, -0.2) is 0 Å². The average molecular weight is 233 g/mol. The van der Waals surface area contributed by atoms with E-state index in [2.05, 4.69) is 0 Å². The number of aliphatic carboxylic acids is 1. The van der Waals surface area contributed by atoms with E-state index in [1.807, 2.05) is 0 Å². The normalized spacial score (nSPS) is 4.17. The van der Waals surface area contributed by atoms with E-state index in [0.29, 0.717) is 0 Å². The van der Waals surface area contributed by atoms with E-state index in [1.165, 1.54) is 0 Å². The second-order valence-corrected chi connectivity index (χ2v) is 0.492. The van der Waals surface area contributed by atoms with E-state index in [-0.39, 0.29) is 48.0 Å². The second-order valence-electron chi connectivity index (χ2n) is 0.492. The van der Waals surface area contributed by atoms with Crippen molar-refractivity contribution >= 4 is 5.97 Å². The molecule has 2 nitrogen and oxygen atoms in total. The molecule has 0 aliphatic heterocycles. The van der Waals surface area contributed by atoms with Crippen LogP contribution in [0, 0.1) is 35.6 Å². The molecule has 0 bridgehead atoms. The molecule has 0 heterocycles. The van der Waals surface area contributed by atoms with Gasteiger partial charge >= 0.3 is 0 Å². The van der Waals surface area contributed by atoms with Gasteiger partial charge in [0.05, 0.1) is 0 Å². The fraction of sp³-hybridized carbons (Fsp3) is 0.500. The molecule has 0 aromatic heterocycles. The maximum Gasteiger partial charge on any atom is 0.0383 e. The first-order valence-corrected chi connectivity index (χ1v) is 0.908. The monoisotopic (exact) mass is 233 g/mol. The van der Waals surface area contributed by atoms with Crippen LogP contribution in [0.25, 0.3) is 0 Å². The molecule has 0 aromatic carbocycles. The molecule has 0 amide bonds. The maximum atomic E-state index is 8.89. The number of hydrogen-bond acceptors (Lipinski definition) is 2. The molecule has 0 N–H and O–H groups in total. The fourth-order valence-corrected chi connectivity index (χ4v) is 0. The Labute approximate surface area is 70.3 Å². The minimum Gasteiger partial charge on any atom is -1.00 e. The Hall–Kier alpha value is 0.955. The smallest absolute Gasteiger partial charge is 0.0383 e. The molecular formula is C2H3ClLaO2-2. The summed E-state index contributed by atoms with van der Waals surface area (Å²) in [6, 6.07) is 0.